The van der Waals surface area contributed by atoms with Gasteiger partial charge in [-0.05, 0) is 54.8 Å². The lowest BCUT2D eigenvalue weighted by atomic mass is 9.99. The molecule has 0 spiro atoms. The molecule has 0 unspecified atom stereocenters. The first-order valence-corrected chi connectivity index (χ1v) is 11.3. The third-order valence-electron chi connectivity index (χ3n) is 5.02. The van der Waals surface area contributed by atoms with Gasteiger partial charge in [-0.15, -0.1) is 0 Å². The van der Waals surface area contributed by atoms with Gasteiger partial charge >= 0.3 is 5.97 Å². The van der Waals surface area contributed by atoms with E-state index in [1.807, 2.05) is 18.2 Å². The van der Waals surface area contributed by atoms with Gasteiger partial charge in [0.15, 0.2) is 0 Å². The quantitative estimate of drug-likeness (QED) is 0.652. The number of carbonyl (C=O) groups excluding carboxylic acids is 2. The average molecular weight is 432 g/mol. The summed E-state index contributed by atoms with van der Waals surface area (Å²) in [6, 6.07) is 12.1. The molecule has 3 rings (SSSR count). The minimum absolute atomic E-state index is 0.0617. The maximum Gasteiger partial charge on any atom is 0.337 e. The molecule has 1 aliphatic rings. The number of nitrogens with one attached hydrogen (secondary N) is 2. The number of amides is 1. The molecule has 1 aliphatic heterocycles. The number of esters is 1. The molecular formula is C21H25N3O5S. The lowest BCUT2D eigenvalue weighted by Crippen LogP contribution is -2.37. The van der Waals surface area contributed by atoms with Crippen molar-refractivity contribution in [3.8, 4) is 0 Å². The van der Waals surface area contributed by atoms with Crippen molar-refractivity contribution in [2.45, 2.75) is 19.9 Å². The van der Waals surface area contributed by atoms with E-state index in [0.29, 0.717) is 30.8 Å². The number of ether oxygens (including phenoxy) is 1. The van der Waals surface area contributed by atoms with Crippen molar-refractivity contribution in [1.29, 1.82) is 0 Å². The smallest absolute Gasteiger partial charge is 0.337 e. The second kappa shape index (κ2) is 9.27. The maximum atomic E-state index is 12.3. The van der Waals surface area contributed by atoms with Gasteiger partial charge < -0.3 is 15.4 Å². The van der Waals surface area contributed by atoms with Gasteiger partial charge in [0.1, 0.15) is 0 Å². The van der Waals surface area contributed by atoms with Crippen molar-refractivity contribution in [3.63, 3.8) is 0 Å². The molecule has 1 amide bonds. The Bertz CT molecular complexity index is 1040. The first-order chi connectivity index (χ1) is 14.3. The molecule has 2 aromatic carbocycles. The van der Waals surface area contributed by atoms with Gasteiger partial charge in [0.05, 0.1) is 25.0 Å². The SMILES string of the molecule is CCS(=O)(=O)N1CCc2c(cccc2NCC(=O)Nc2ccc(C(=O)OC)cc2)C1. The van der Waals surface area contributed by atoms with Crippen LogP contribution in [0.5, 0.6) is 0 Å². The van der Waals surface area contributed by atoms with Crippen molar-refractivity contribution in [1.82, 2.24) is 4.31 Å². The van der Waals surface area contributed by atoms with Crippen molar-refractivity contribution < 1.29 is 22.7 Å². The van der Waals surface area contributed by atoms with Gasteiger partial charge in [-0.1, -0.05) is 12.1 Å². The fourth-order valence-electron chi connectivity index (χ4n) is 3.36. The Balaban J connectivity index is 1.61. The van der Waals surface area contributed by atoms with Crippen molar-refractivity contribution >= 4 is 33.3 Å². The normalized spacial score (nSPS) is 13.9. The van der Waals surface area contributed by atoms with E-state index in [2.05, 4.69) is 15.4 Å². The minimum Gasteiger partial charge on any atom is -0.465 e. The number of nitrogens with zero attached hydrogens (tertiary/aromatic N) is 1. The van der Waals surface area contributed by atoms with Crippen LogP contribution < -0.4 is 10.6 Å². The first-order valence-electron chi connectivity index (χ1n) is 9.64. The molecule has 2 N–H and O–H groups in total. The number of benzene rings is 2. The van der Waals surface area contributed by atoms with Gasteiger partial charge in [-0.3, -0.25) is 4.79 Å². The summed E-state index contributed by atoms with van der Waals surface area (Å²) >= 11 is 0. The second-order valence-corrected chi connectivity index (χ2v) is 9.16. The van der Waals surface area contributed by atoms with Crippen molar-refractivity contribution in [3.05, 3.63) is 59.2 Å². The topological polar surface area (TPSA) is 105 Å². The van der Waals surface area contributed by atoms with Gasteiger partial charge in [-0.25, -0.2) is 13.2 Å². The molecule has 9 heteroatoms. The van der Waals surface area contributed by atoms with Gasteiger partial charge in [0, 0.05) is 24.5 Å². The summed E-state index contributed by atoms with van der Waals surface area (Å²) in [5, 5.41) is 5.91. The van der Waals surface area contributed by atoms with Crippen LogP contribution in [0.4, 0.5) is 11.4 Å². The Kier molecular flexibility index (Phi) is 6.73. The summed E-state index contributed by atoms with van der Waals surface area (Å²) in [6.07, 6.45) is 0.592. The molecule has 0 saturated carbocycles. The van der Waals surface area contributed by atoms with E-state index in [1.54, 1.807) is 31.2 Å². The van der Waals surface area contributed by atoms with Crippen LogP contribution in [0.2, 0.25) is 0 Å². The predicted octanol–water partition coefficient (Wildman–Crippen LogP) is 2.23. The standard InChI is InChI=1S/C21H25N3O5S/c1-3-30(27,28)24-12-11-18-16(14-24)5-4-6-19(18)22-13-20(25)23-17-9-7-15(8-10-17)21(26)29-2/h4-10,22H,3,11-14H2,1-2H3,(H,23,25). The summed E-state index contributed by atoms with van der Waals surface area (Å²) in [4.78, 5) is 23.8. The number of hydrogen-bond donors (Lipinski definition) is 2. The van der Waals surface area contributed by atoms with Crippen LogP contribution in [0, 0.1) is 0 Å². The van der Waals surface area contributed by atoms with Crippen molar-refractivity contribution in [2.75, 3.05) is 36.6 Å². The van der Waals surface area contributed by atoms with Crippen LogP contribution in [0.3, 0.4) is 0 Å². The van der Waals surface area contributed by atoms with Crippen LogP contribution in [-0.2, 0) is 32.5 Å². The highest BCUT2D eigenvalue weighted by Gasteiger charge is 2.26. The number of fused-ring (bicyclic) bond motifs is 1. The predicted molar refractivity (Wildman–Crippen MR) is 115 cm³/mol. The number of methoxy groups -OCH3 is 1. The summed E-state index contributed by atoms with van der Waals surface area (Å²) in [5.41, 5.74) is 3.79. The molecule has 0 fully saturated rings. The summed E-state index contributed by atoms with van der Waals surface area (Å²) in [7, 11) is -1.92. The second-order valence-electron chi connectivity index (χ2n) is 6.90. The Hall–Kier alpha value is -2.91. The maximum absolute atomic E-state index is 12.3. The van der Waals surface area contributed by atoms with E-state index in [9.17, 15) is 18.0 Å². The molecule has 2 aromatic rings. The number of hydrogen-bond acceptors (Lipinski definition) is 6. The first kappa shape index (κ1) is 21.8. The lowest BCUT2D eigenvalue weighted by Gasteiger charge is -2.29. The lowest BCUT2D eigenvalue weighted by molar-refractivity contribution is -0.114. The van der Waals surface area contributed by atoms with Crippen LogP contribution in [-0.4, -0.2) is 50.6 Å². The zero-order chi connectivity index (χ0) is 21.7. The molecule has 0 bridgehead atoms. The van der Waals surface area contributed by atoms with Crippen LogP contribution in [0.1, 0.15) is 28.4 Å². The van der Waals surface area contributed by atoms with Crippen molar-refractivity contribution in [2.24, 2.45) is 0 Å². The van der Waals surface area contributed by atoms with E-state index < -0.39 is 16.0 Å². The molecule has 1 heterocycles. The van der Waals surface area contributed by atoms with E-state index in [0.717, 1.165) is 16.8 Å². The molecule has 0 atom stereocenters. The highest BCUT2D eigenvalue weighted by Crippen LogP contribution is 2.27. The Morgan fingerprint density at radius 3 is 2.53 bits per heavy atom. The summed E-state index contributed by atoms with van der Waals surface area (Å²) < 4.78 is 30.4. The highest BCUT2D eigenvalue weighted by atomic mass is 32.2. The van der Waals surface area contributed by atoms with Crippen LogP contribution in [0.15, 0.2) is 42.5 Å². The monoisotopic (exact) mass is 431 g/mol. The molecule has 0 radical (unpaired) electrons. The molecule has 30 heavy (non-hydrogen) atoms. The molecule has 0 aliphatic carbocycles. The highest BCUT2D eigenvalue weighted by molar-refractivity contribution is 7.89. The van der Waals surface area contributed by atoms with E-state index >= 15 is 0 Å². The zero-order valence-corrected chi connectivity index (χ0v) is 17.8. The van der Waals surface area contributed by atoms with E-state index in [1.165, 1.54) is 11.4 Å². The summed E-state index contributed by atoms with van der Waals surface area (Å²) in [6.45, 7) is 2.48. The Labute approximate surface area is 176 Å². The van der Waals surface area contributed by atoms with Crippen LogP contribution >= 0.6 is 0 Å². The average Bonchev–Trinajstić information content (AvgIpc) is 2.77. The third-order valence-corrected chi connectivity index (χ3v) is 6.85. The number of sulfonamides is 1. The number of rotatable bonds is 7. The zero-order valence-electron chi connectivity index (χ0n) is 17.0. The van der Waals surface area contributed by atoms with Gasteiger partial charge in [0.25, 0.3) is 0 Å². The molecule has 160 valence electrons. The van der Waals surface area contributed by atoms with Gasteiger partial charge in [-0.2, -0.15) is 4.31 Å². The molecular weight excluding hydrogens is 406 g/mol. The molecule has 0 saturated heterocycles. The fraction of sp³-hybridized carbons (Fsp3) is 0.333. The minimum atomic E-state index is -3.23. The molecule has 0 aromatic heterocycles. The Morgan fingerprint density at radius 2 is 1.87 bits per heavy atom. The largest absolute Gasteiger partial charge is 0.465 e. The Morgan fingerprint density at radius 1 is 1.13 bits per heavy atom. The fourth-order valence-corrected chi connectivity index (χ4v) is 4.43. The van der Waals surface area contributed by atoms with E-state index in [-0.39, 0.29) is 18.2 Å². The third kappa shape index (κ3) is 4.98. The number of anilines is 2. The molecule has 8 nitrogen and oxygen atoms in total. The summed E-state index contributed by atoms with van der Waals surface area (Å²) in [5.74, 6) is -0.584. The van der Waals surface area contributed by atoms with Gasteiger partial charge in [0.2, 0.25) is 15.9 Å². The number of carbonyl (C=O) groups is 2. The van der Waals surface area contributed by atoms with Crippen LogP contribution in [0.25, 0.3) is 0 Å². The van der Waals surface area contributed by atoms with E-state index in [4.69, 9.17) is 0 Å².